The maximum atomic E-state index is 14.7. The maximum Gasteiger partial charge on any atom is 0.411 e. The Morgan fingerprint density at radius 1 is 0.400 bits per heavy atom. The minimum absolute atomic E-state index is 0.0223. The quantitative estimate of drug-likeness (QED) is 0.0146. The molecule has 0 atom stereocenters. The monoisotopic (exact) mass is 1460 g/mol. The minimum atomic E-state index is -5.76. The van der Waals surface area contributed by atoms with Crippen LogP contribution < -0.4 is 18.9 Å². The Bertz CT molecular complexity index is 4440. The predicted molar refractivity (Wildman–Crippen MR) is 365 cm³/mol. The molecule has 10 aromatic carbocycles. The van der Waals surface area contributed by atoms with E-state index in [2.05, 4.69) is 79.4 Å². The van der Waals surface area contributed by atoms with E-state index < -0.39 is 54.5 Å². The molecule has 10 aromatic rings. The second kappa shape index (κ2) is 34.6. The highest BCUT2D eigenvalue weighted by molar-refractivity contribution is 7.94. The van der Waals surface area contributed by atoms with Gasteiger partial charge in [0, 0.05) is 58.9 Å². The molecule has 0 saturated heterocycles. The topological polar surface area (TPSA) is 257 Å². The van der Waals surface area contributed by atoms with Gasteiger partial charge in [-0.05, 0) is 173 Å². The summed E-state index contributed by atoms with van der Waals surface area (Å²) >= 11 is 1.86. The number of benzene rings is 10. The van der Waals surface area contributed by atoms with Crippen LogP contribution in [0.3, 0.4) is 0 Å². The number of rotatable bonds is 19. The number of hydrogen-bond donors (Lipinski definition) is 4. The molecule has 0 saturated carbocycles. The molecule has 18 nitrogen and oxygen atoms in total. The van der Waals surface area contributed by atoms with Crippen LogP contribution in [0.1, 0.15) is 70.8 Å². The van der Waals surface area contributed by atoms with Crippen LogP contribution in [0.2, 0.25) is 0 Å². The Morgan fingerprint density at radius 2 is 0.650 bits per heavy atom. The molecule has 0 heterocycles. The van der Waals surface area contributed by atoms with Crippen LogP contribution in [0.25, 0.3) is 11.1 Å². The van der Waals surface area contributed by atoms with Crippen molar-refractivity contribution in [3.8, 4) is 51.4 Å². The number of carbonyl (C=O) groups is 2. The van der Waals surface area contributed by atoms with Crippen molar-refractivity contribution < 1.29 is 110 Å². The molecule has 0 spiro atoms. The summed E-state index contributed by atoms with van der Waals surface area (Å²) in [5, 5.41) is 21.0. The first-order chi connectivity index (χ1) is 47.4. The van der Waals surface area contributed by atoms with Gasteiger partial charge in [0.25, 0.3) is 20.2 Å². The predicted octanol–water partition coefficient (Wildman–Crippen LogP) is 18.0. The van der Waals surface area contributed by atoms with Crippen LogP contribution in [0, 0.1) is 6.92 Å². The van der Waals surface area contributed by atoms with Gasteiger partial charge < -0.3 is 18.9 Å². The minimum Gasteiger partial charge on any atom is -0.497 e. The summed E-state index contributed by atoms with van der Waals surface area (Å²) in [5.41, 5.74) is 2.41. The second-order valence-electron chi connectivity index (χ2n) is 21.4. The lowest BCUT2D eigenvalue weighted by atomic mass is 9.68. The lowest BCUT2D eigenvalue weighted by Gasteiger charge is -2.38. The molecule has 0 amide bonds. The summed E-state index contributed by atoms with van der Waals surface area (Å²) < 4.78 is 171. The van der Waals surface area contributed by atoms with E-state index in [0.29, 0.717) is 57.8 Å². The summed E-state index contributed by atoms with van der Waals surface area (Å²) in [6, 6.07) is 67.3. The summed E-state index contributed by atoms with van der Waals surface area (Å²) in [5.74, 6) is 2.19. The van der Waals surface area contributed by atoms with Gasteiger partial charge in [0.15, 0.2) is 11.6 Å². The summed E-state index contributed by atoms with van der Waals surface area (Å²) in [6.45, 7) is 1.98. The lowest BCUT2D eigenvalue weighted by molar-refractivity contribution is -0.432. The van der Waals surface area contributed by atoms with Gasteiger partial charge in [-0.15, -0.1) is 8.67 Å². The molecular formula is C72H62F6O18S4. The van der Waals surface area contributed by atoms with Gasteiger partial charge in [-0.2, -0.15) is 43.2 Å². The molecule has 1 aliphatic carbocycles. The second-order valence-corrected chi connectivity index (χ2v) is 25.2. The summed E-state index contributed by atoms with van der Waals surface area (Å²) in [4.78, 5) is 26.7. The van der Waals surface area contributed by atoms with Crippen LogP contribution in [0.5, 0.6) is 40.2 Å². The standard InChI is InChI=1S/C68H46F6O6.4CH4O3S/c1-43-11-13-44(14-12-43)63(75)45-15-29-53(30-16-45)78-56-37-21-48(22-38-56)65(61-9-5-3-7-59(61)60-8-4-6-10-62(60)65)49-23-39-57(40-24-49)79-54-31-17-46(18-32-54)64(76)47-19-33-55(34-20-47)80-58-41-27-51(28-42-58)66(67(69,70)71,68(72,73)74)50-25-35-52(77-2)36-26-50;2*1-5(2,3)4;2*1-5-4-3-2/h3-42H,1-2H3;2*1H3,(H,2,3,4);2*2H,1H3. The smallest absolute Gasteiger partial charge is 0.411 e. The number of ether oxygens (including phenoxy) is 4. The van der Waals surface area contributed by atoms with E-state index in [9.17, 15) is 52.8 Å². The van der Waals surface area contributed by atoms with E-state index in [4.69, 9.17) is 38.6 Å². The van der Waals surface area contributed by atoms with Crippen LogP contribution in [-0.2, 0) is 49.8 Å². The number of alkyl halides is 6. The fraction of sp³-hybridized carbons (Fsp3) is 0.139. The lowest BCUT2D eigenvalue weighted by Crippen LogP contribution is -2.54. The molecule has 0 aromatic heterocycles. The number of aryl methyl sites for hydroxylation is 1. The molecule has 4 N–H and O–H groups in total. The maximum absolute atomic E-state index is 14.7. The Labute approximate surface area is 580 Å². The van der Waals surface area contributed by atoms with Gasteiger partial charge in [-0.3, -0.25) is 18.7 Å². The molecule has 0 unspecified atom stereocenters. The van der Waals surface area contributed by atoms with E-state index in [0.717, 1.165) is 112 Å². The Balaban J connectivity index is 0.000000619. The molecule has 0 bridgehead atoms. The highest BCUT2D eigenvalue weighted by atomic mass is 32.2. The first-order valence-corrected chi connectivity index (χ1v) is 35.0. The van der Waals surface area contributed by atoms with Gasteiger partial charge in [-0.1, -0.05) is 137 Å². The molecule has 0 radical (unpaired) electrons. The van der Waals surface area contributed by atoms with Crippen molar-refractivity contribution in [2.45, 2.75) is 30.1 Å². The van der Waals surface area contributed by atoms with Crippen molar-refractivity contribution in [2.75, 3.05) is 32.1 Å². The first kappa shape index (κ1) is 77.9. The van der Waals surface area contributed by atoms with E-state index >= 15 is 0 Å². The van der Waals surface area contributed by atoms with Gasteiger partial charge in [0.2, 0.25) is 5.41 Å². The first-order valence-electron chi connectivity index (χ1n) is 29.1. The van der Waals surface area contributed by atoms with Crippen molar-refractivity contribution in [1.29, 1.82) is 0 Å². The van der Waals surface area contributed by atoms with Crippen molar-refractivity contribution in [2.24, 2.45) is 0 Å². The Kier molecular flexibility index (Phi) is 27.0. The third-order valence-electron chi connectivity index (χ3n) is 14.8. The molecule has 0 aliphatic heterocycles. The normalized spacial score (nSPS) is 12.2. The van der Waals surface area contributed by atoms with Crippen LogP contribution >= 0.6 is 24.1 Å². The van der Waals surface area contributed by atoms with Crippen molar-refractivity contribution in [1.82, 2.24) is 0 Å². The molecular weight excluding hydrogens is 1400 g/mol. The van der Waals surface area contributed by atoms with Gasteiger partial charge in [0.1, 0.15) is 40.2 Å². The Hall–Kier alpha value is -9.40. The summed E-state index contributed by atoms with van der Waals surface area (Å²) in [6.07, 6.45) is -6.84. The SMILES string of the molecule is COc1ccc(C(c2ccc(Oc3ccc(C(=O)c4ccc(Oc5ccc(C6(c7ccc(Oc8ccc(C(=O)c9ccc(C)cc9)cc8)cc7)c7ccccc7-c7ccccc76)cc5)cc4)cc3)cc2)(C(F)(F)F)C(F)(F)F)cc1.CS(=O)(=O)O.CS(=O)(=O)O.CSOOO.CSOOO. The number of ketones is 2. The molecule has 524 valence electrons. The largest absolute Gasteiger partial charge is 0.497 e. The average Bonchev–Trinajstić information content (AvgIpc) is 1.42. The molecule has 11 rings (SSSR count). The highest BCUT2D eigenvalue weighted by Gasteiger charge is 2.72. The van der Waals surface area contributed by atoms with E-state index in [1.807, 2.05) is 67.6 Å². The fourth-order valence-corrected chi connectivity index (χ4v) is 10.8. The van der Waals surface area contributed by atoms with Crippen molar-refractivity contribution in [3.05, 3.63) is 304 Å². The van der Waals surface area contributed by atoms with Gasteiger partial charge in [0.05, 0.1) is 25.0 Å². The summed E-state index contributed by atoms with van der Waals surface area (Å²) in [7, 11) is -6.08. The van der Waals surface area contributed by atoms with Crippen LogP contribution in [-0.4, -0.2) is 92.5 Å². The van der Waals surface area contributed by atoms with Crippen molar-refractivity contribution in [3.63, 3.8) is 0 Å². The molecule has 0 fully saturated rings. The Morgan fingerprint density at radius 3 is 0.900 bits per heavy atom. The third-order valence-corrected chi connectivity index (χ3v) is 15.1. The van der Waals surface area contributed by atoms with Crippen molar-refractivity contribution >= 4 is 55.9 Å². The average molecular weight is 1460 g/mol. The zero-order valence-corrected chi connectivity index (χ0v) is 56.8. The zero-order valence-electron chi connectivity index (χ0n) is 53.5. The number of fused-ring (bicyclic) bond motifs is 3. The van der Waals surface area contributed by atoms with Crippen LogP contribution in [0.15, 0.2) is 243 Å². The molecule has 28 heteroatoms. The fourth-order valence-electron chi connectivity index (χ4n) is 10.7. The van der Waals surface area contributed by atoms with Gasteiger partial charge in [-0.25, -0.2) is 10.5 Å². The number of methoxy groups -OCH3 is 1. The third kappa shape index (κ3) is 20.0. The highest BCUT2D eigenvalue weighted by Crippen LogP contribution is 2.58. The van der Waals surface area contributed by atoms with E-state index in [-0.39, 0.29) is 28.8 Å². The van der Waals surface area contributed by atoms with E-state index in [1.165, 1.54) is 31.4 Å². The number of carbonyl (C=O) groups excluding carboxylic acids is 2. The zero-order chi connectivity index (χ0) is 73.1. The number of hydrogen-bond acceptors (Lipinski definition) is 18. The molecule has 100 heavy (non-hydrogen) atoms. The number of halogens is 6. The van der Waals surface area contributed by atoms with Crippen LogP contribution in [0.4, 0.5) is 26.3 Å². The van der Waals surface area contributed by atoms with Gasteiger partial charge >= 0.3 is 12.4 Å². The molecule has 1 aliphatic rings. The van der Waals surface area contributed by atoms with E-state index in [1.54, 1.807) is 61.0 Å².